The predicted molar refractivity (Wildman–Crippen MR) is 59.8 cm³/mol. The Morgan fingerprint density at radius 3 is 2.08 bits per heavy atom. The van der Waals surface area contributed by atoms with Gasteiger partial charge in [0.15, 0.2) is 0 Å². The summed E-state index contributed by atoms with van der Waals surface area (Å²) in [5, 5.41) is 0. The molecule has 0 amide bonds. The van der Waals surface area contributed by atoms with Crippen LogP contribution in [0.4, 0.5) is 0 Å². The number of hydrogen-bond acceptors (Lipinski definition) is 0. The molecule has 1 aliphatic rings. The molecule has 0 bridgehead atoms. The number of rotatable bonds is 2. The largest absolute Gasteiger partial charge is 2.00 e. The maximum atomic E-state index is 2.99. The van der Waals surface area contributed by atoms with Crippen molar-refractivity contribution in [2.24, 2.45) is 0 Å². The summed E-state index contributed by atoms with van der Waals surface area (Å²) in [5.74, 6) is 1.57. The van der Waals surface area contributed by atoms with Crippen molar-refractivity contribution in [3.05, 3.63) is 30.2 Å². The van der Waals surface area contributed by atoms with Crippen LogP contribution in [0.1, 0.15) is 20.3 Å². The fourth-order valence-electron chi connectivity index (χ4n) is 0.973. The third-order valence-electron chi connectivity index (χ3n) is 1.22. The van der Waals surface area contributed by atoms with Gasteiger partial charge in [-0.3, -0.25) is 6.08 Å². The average molecular weight is 273 g/mol. The molecule has 1 rings (SSSR count). The molecule has 0 radical (unpaired) electrons. The van der Waals surface area contributed by atoms with Crippen LogP contribution in [0.2, 0.25) is 0 Å². The van der Waals surface area contributed by atoms with Crippen molar-refractivity contribution in [1.29, 1.82) is 0 Å². The molecule has 0 aliphatic heterocycles. The summed E-state index contributed by atoms with van der Waals surface area (Å²) in [5.41, 5.74) is 0. The summed E-state index contributed by atoms with van der Waals surface area (Å²) < 4.78 is 0. The van der Waals surface area contributed by atoms with Gasteiger partial charge in [0.2, 0.25) is 0 Å². The van der Waals surface area contributed by atoms with Crippen molar-refractivity contribution in [1.82, 2.24) is 0 Å². The first kappa shape index (κ1) is 16.2. The van der Waals surface area contributed by atoms with Gasteiger partial charge >= 0.3 is 26.2 Å². The minimum atomic E-state index is 0. The summed E-state index contributed by atoms with van der Waals surface area (Å²) in [6.45, 7) is 9.01. The molecule has 0 N–H and O–H groups in total. The van der Waals surface area contributed by atoms with Crippen LogP contribution in [0.25, 0.3) is 0 Å². The van der Waals surface area contributed by atoms with Crippen LogP contribution in [0, 0.1) is 12.0 Å². The molecular weight excluding hydrogens is 254 g/mol. The quantitative estimate of drug-likeness (QED) is 0.532. The van der Waals surface area contributed by atoms with E-state index in [4.69, 9.17) is 0 Å². The molecule has 0 spiro atoms. The number of hydrogen-bond donors (Lipinski definition) is 0. The molecule has 0 aromatic heterocycles. The molecule has 0 fully saturated rings. The third-order valence-corrected chi connectivity index (χ3v) is 2.48. The second-order valence-electron chi connectivity index (χ2n) is 3.45. The molecule has 0 heterocycles. The Hall–Kier alpha value is 0.793. The van der Waals surface area contributed by atoms with E-state index in [1.165, 1.54) is 6.16 Å². The maximum Gasteiger partial charge on any atom is 2.00 e. The Morgan fingerprint density at radius 1 is 1.38 bits per heavy atom. The molecule has 0 saturated carbocycles. The van der Waals surface area contributed by atoms with Crippen LogP contribution < -0.4 is 0 Å². The van der Waals surface area contributed by atoms with E-state index in [0.29, 0.717) is 7.92 Å². The molecule has 0 atom stereocenters. The van der Waals surface area contributed by atoms with E-state index in [1.54, 1.807) is 5.92 Å². The van der Waals surface area contributed by atoms with Crippen LogP contribution >= 0.6 is 7.92 Å². The van der Waals surface area contributed by atoms with E-state index < -0.39 is 0 Å². The van der Waals surface area contributed by atoms with E-state index >= 15 is 0 Å². The zero-order valence-corrected chi connectivity index (χ0v) is 12.4. The Balaban J connectivity index is 0. The second kappa shape index (κ2) is 10.9. The molecule has 13 heavy (non-hydrogen) atoms. The van der Waals surface area contributed by atoms with Gasteiger partial charge in [-0.15, -0.1) is 14.3 Å². The summed E-state index contributed by atoms with van der Waals surface area (Å²) in [6, 6.07) is 0. The van der Waals surface area contributed by atoms with Gasteiger partial charge in [0.05, 0.1) is 0 Å². The molecule has 0 unspecified atom stereocenters. The van der Waals surface area contributed by atoms with Crippen LogP contribution in [-0.2, 0) is 26.2 Å². The fraction of sp³-hybridized carbons (Fsp3) is 0.545. The molecule has 0 nitrogen and oxygen atoms in total. The summed E-state index contributed by atoms with van der Waals surface area (Å²) in [6.07, 6.45) is 11.3. The van der Waals surface area contributed by atoms with Crippen LogP contribution in [-0.4, -0.2) is 19.5 Å². The van der Waals surface area contributed by atoms with Crippen molar-refractivity contribution in [3.63, 3.8) is 0 Å². The minimum absolute atomic E-state index is 0. The predicted octanol–water partition coefficient (Wildman–Crippen LogP) is 3.65. The Kier molecular flexibility index (Phi) is 13.6. The van der Waals surface area contributed by atoms with Crippen LogP contribution in [0.15, 0.2) is 18.2 Å². The molecule has 72 valence electrons. The van der Waals surface area contributed by atoms with Gasteiger partial charge in [-0.1, -0.05) is 0 Å². The first-order valence-corrected chi connectivity index (χ1v) is 6.70. The summed E-state index contributed by atoms with van der Waals surface area (Å²) >= 11 is 0. The van der Waals surface area contributed by atoms with Gasteiger partial charge in [-0.25, -0.2) is 12.2 Å². The fourth-order valence-corrected chi connectivity index (χ4v) is 2.24. The van der Waals surface area contributed by atoms with E-state index in [9.17, 15) is 0 Å². The zero-order chi connectivity index (χ0) is 9.40. The minimum Gasteiger partial charge on any atom is -0.316 e. The molecular formula is C11H19PZr. The van der Waals surface area contributed by atoms with Crippen molar-refractivity contribution < 1.29 is 26.2 Å². The molecule has 0 aromatic carbocycles. The normalized spacial score (nSPS) is 12.8. The smallest absolute Gasteiger partial charge is 0.316 e. The second-order valence-corrected chi connectivity index (χ2v) is 5.92. The Morgan fingerprint density at radius 2 is 2.00 bits per heavy atom. The average Bonchev–Trinajstić information content (AvgIpc) is 2.36. The standard InChI is InChI=1S/C6H14P.C5H5.Zr/c1-6(2)5-7(3)4;1-2-4-5-3-1;/h5H2,1-4H3;1-3H,4H2;/q2*-1;+2. The van der Waals surface area contributed by atoms with Crippen LogP contribution in [0.5, 0.6) is 0 Å². The molecule has 1 aliphatic carbocycles. The summed E-state index contributed by atoms with van der Waals surface area (Å²) in [4.78, 5) is 0. The zero-order valence-electron chi connectivity index (χ0n) is 9.09. The van der Waals surface area contributed by atoms with Crippen molar-refractivity contribution in [3.8, 4) is 0 Å². The van der Waals surface area contributed by atoms with Crippen molar-refractivity contribution >= 4 is 7.92 Å². The Labute approximate surface area is 104 Å². The maximum absolute atomic E-state index is 2.99. The van der Waals surface area contributed by atoms with Gasteiger partial charge < -0.3 is 5.92 Å². The van der Waals surface area contributed by atoms with Gasteiger partial charge in [-0.05, 0) is 13.3 Å². The van der Waals surface area contributed by atoms with Crippen molar-refractivity contribution in [2.75, 3.05) is 19.5 Å². The molecule has 0 saturated heterocycles. The summed E-state index contributed by atoms with van der Waals surface area (Å²) in [7, 11) is 0.323. The van der Waals surface area contributed by atoms with Crippen LogP contribution in [0.3, 0.4) is 0 Å². The van der Waals surface area contributed by atoms with Gasteiger partial charge in [0, 0.05) is 0 Å². The monoisotopic (exact) mass is 272 g/mol. The van der Waals surface area contributed by atoms with E-state index in [1.807, 2.05) is 12.2 Å². The molecule has 2 heteroatoms. The van der Waals surface area contributed by atoms with Gasteiger partial charge in [0.1, 0.15) is 0 Å². The first-order chi connectivity index (χ1) is 5.63. The molecule has 0 aromatic rings. The SMILES string of the molecule is C[C-](C)CP(C)C.[C-]1=CC=CC1.[Zr+2]. The van der Waals surface area contributed by atoms with Gasteiger partial charge in [0.25, 0.3) is 0 Å². The first-order valence-electron chi connectivity index (χ1n) is 4.28. The van der Waals surface area contributed by atoms with E-state index in [2.05, 4.69) is 39.3 Å². The topological polar surface area (TPSA) is 0 Å². The van der Waals surface area contributed by atoms with Crippen molar-refractivity contribution in [2.45, 2.75) is 20.3 Å². The van der Waals surface area contributed by atoms with E-state index in [-0.39, 0.29) is 26.2 Å². The van der Waals surface area contributed by atoms with E-state index in [0.717, 1.165) is 6.42 Å². The number of allylic oxidation sites excluding steroid dienone is 4. The van der Waals surface area contributed by atoms with Gasteiger partial charge in [-0.2, -0.15) is 26.1 Å². The Bertz CT molecular complexity index is 132. The third kappa shape index (κ3) is 15.5.